The van der Waals surface area contributed by atoms with Gasteiger partial charge in [0.1, 0.15) is 6.10 Å². The van der Waals surface area contributed by atoms with E-state index < -0.39 is 20.0 Å². The summed E-state index contributed by atoms with van der Waals surface area (Å²) in [6.07, 6.45) is 1.93. The summed E-state index contributed by atoms with van der Waals surface area (Å²) >= 11 is 0. The Morgan fingerprint density at radius 2 is 1.50 bits per heavy atom. The summed E-state index contributed by atoms with van der Waals surface area (Å²) in [4.78, 5) is 21.6. The predicted octanol–water partition coefficient (Wildman–Crippen LogP) is -0.648. The molecule has 0 aromatic heterocycles. The molecule has 7 nitrogen and oxygen atoms in total. The van der Waals surface area contributed by atoms with E-state index in [2.05, 4.69) is 6.92 Å². The molecule has 8 heteroatoms. The highest BCUT2D eigenvalue weighted by Gasteiger charge is 2.13. The molecule has 0 amide bonds. The highest BCUT2D eigenvalue weighted by Crippen LogP contribution is 2.25. The van der Waals surface area contributed by atoms with E-state index in [0.29, 0.717) is 6.42 Å². The predicted molar refractivity (Wildman–Crippen MR) is 57.5 cm³/mol. The van der Waals surface area contributed by atoms with Crippen LogP contribution in [0.4, 0.5) is 0 Å². The van der Waals surface area contributed by atoms with E-state index in [4.69, 9.17) is 34.6 Å². The molecule has 0 aliphatic carbocycles. The molecule has 0 saturated carbocycles. The van der Waals surface area contributed by atoms with E-state index in [-0.39, 0.29) is 6.61 Å². The van der Waals surface area contributed by atoms with Crippen LogP contribution in [0.1, 0.15) is 32.6 Å². The van der Waals surface area contributed by atoms with Gasteiger partial charge in [-0.2, -0.15) is 0 Å². The molecule has 0 radical (unpaired) electrons. The van der Waals surface area contributed by atoms with E-state index in [1.54, 1.807) is 0 Å². The first-order valence-corrected chi connectivity index (χ1v) is 6.54. The highest BCUT2D eigenvalue weighted by molar-refractivity contribution is 7.45. The fraction of sp³-hybridized carbons (Fsp3) is 1.00. The van der Waals surface area contributed by atoms with E-state index >= 15 is 0 Å². The van der Waals surface area contributed by atoms with Gasteiger partial charge < -0.3 is 30.0 Å². The van der Waals surface area contributed by atoms with Crippen LogP contribution in [0.2, 0.25) is 0 Å². The number of aliphatic hydroxyl groups is 3. The molecule has 100 valence electrons. The third-order valence-corrected chi connectivity index (χ3v) is 1.73. The molecular weight excluding hydrogens is 239 g/mol. The van der Waals surface area contributed by atoms with Crippen molar-refractivity contribution < 1.29 is 34.6 Å². The van der Waals surface area contributed by atoms with Gasteiger partial charge in [-0.1, -0.05) is 26.2 Å². The fourth-order valence-electron chi connectivity index (χ4n) is 0.918. The van der Waals surface area contributed by atoms with Crippen LogP contribution in [0.5, 0.6) is 0 Å². The van der Waals surface area contributed by atoms with Gasteiger partial charge >= 0.3 is 7.82 Å². The van der Waals surface area contributed by atoms with Crippen molar-refractivity contribution in [1.29, 1.82) is 0 Å². The smallest absolute Gasteiger partial charge is 0.394 e. The molecule has 0 aromatic rings. The summed E-state index contributed by atoms with van der Waals surface area (Å²) < 4.78 is 8.88. The van der Waals surface area contributed by atoms with Gasteiger partial charge in [0.15, 0.2) is 0 Å². The van der Waals surface area contributed by atoms with Crippen LogP contribution in [0.25, 0.3) is 0 Å². The van der Waals surface area contributed by atoms with Crippen LogP contribution in [0.15, 0.2) is 0 Å². The van der Waals surface area contributed by atoms with Gasteiger partial charge in [0.05, 0.1) is 12.7 Å². The normalized spacial score (nSPS) is 14.9. The average Bonchev–Trinajstić information content (AvgIpc) is 2.14. The second kappa shape index (κ2) is 10.2. The van der Waals surface area contributed by atoms with Gasteiger partial charge in [-0.3, -0.25) is 0 Å². The fourth-order valence-corrected chi connectivity index (χ4v) is 0.918. The Labute approximate surface area is 94.6 Å². The molecule has 0 bridgehead atoms. The molecule has 0 aromatic carbocycles. The Kier molecular flexibility index (Phi) is 11.7. The maximum absolute atomic E-state index is 9.13. The van der Waals surface area contributed by atoms with Crippen molar-refractivity contribution in [2.75, 3.05) is 6.61 Å². The maximum atomic E-state index is 9.13. The lowest BCUT2D eigenvalue weighted by molar-refractivity contribution is -0.0185. The standard InChI is InChI=1S/C8H18O3.H3O4P/c1-2-3-4-5-7(10)8(11)6-9;1-5(2,3)4/h7-11H,2-6H2,1H3;(H3,1,2,3,4). The molecular formula is C8H21O7P. The van der Waals surface area contributed by atoms with Crippen molar-refractivity contribution in [2.45, 2.75) is 44.8 Å². The Balaban J connectivity index is 0. The van der Waals surface area contributed by atoms with Crippen LogP contribution in [0.3, 0.4) is 0 Å². The summed E-state index contributed by atoms with van der Waals surface area (Å²) in [5.41, 5.74) is 0. The van der Waals surface area contributed by atoms with Crippen molar-refractivity contribution in [3.05, 3.63) is 0 Å². The van der Waals surface area contributed by atoms with E-state index in [1.165, 1.54) is 0 Å². The molecule has 16 heavy (non-hydrogen) atoms. The Morgan fingerprint density at radius 1 is 1.06 bits per heavy atom. The third kappa shape index (κ3) is 19.5. The number of hydrogen-bond acceptors (Lipinski definition) is 4. The number of hydrogen-bond donors (Lipinski definition) is 6. The van der Waals surface area contributed by atoms with Crippen molar-refractivity contribution in [2.24, 2.45) is 0 Å². The van der Waals surface area contributed by atoms with Gasteiger partial charge in [0.25, 0.3) is 0 Å². The van der Waals surface area contributed by atoms with Crippen LogP contribution in [0, 0.1) is 0 Å². The van der Waals surface area contributed by atoms with Gasteiger partial charge in [-0.25, -0.2) is 4.57 Å². The number of aliphatic hydroxyl groups excluding tert-OH is 3. The second-order valence-corrected chi connectivity index (χ2v) is 4.35. The number of unbranched alkanes of at least 4 members (excludes halogenated alkanes) is 2. The van der Waals surface area contributed by atoms with Crippen LogP contribution in [-0.2, 0) is 4.57 Å². The van der Waals surface area contributed by atoms with E-state index in [1.807, 2.05) is 0 Å². The van der Waals surface area contributed by atoms with Crippen LogP contribution in [-0.4, -0.2) is 48.8 Å². The zero-order chi connectivity index (χ0) is 13.2. The summed E-state index contributed by atoms with van der Waals surface area (Å²) in [5, 5.41) is 26.5. The first kappa shape index (κ1) is 18.4. The summed E-state index contributed by atoms with van der Waals surface area (Å²) in [5.74, 6) is 0. The zero-order valence-electron chi connectivity index (χ0n) is 9.23. The largest absolute Gasteiger partial charge is 0.466 e. The SMILES string of the molecule is CCCCCC(O)C(O)CO.O=P(O)(O)O. The molecule has 0 aliphatic heterocycles. The van der Waals surface area contributed by atoms with Crippen molar-refractivity contribution in [1.82, 2.24) is 0 Å². The van der Waals surface area contributed by atoms with Crippen molar-refractivity contribution in [3.63, 3.8) is 0 Å². The van der Waals surface area contributed by atoms with Crippen LogP contribution < -0.4 is 0 Å². The average molecular weight is 260 g/mol. The van der Waals surface area contributed by atoms with E-state index in [0.717, 1.165) is 19.3 Å². The molecule has 0 fully saturated rings. The Morgan fingerprint density at radius 3 is 1.81 bits per heavy atom. The second-order valence-electron chi connectivity index (χ2n) is 3.33. The molecule has 0 saturated heterocycles. The van der Waals surface area contributed by atoms with Gasteiger partial charge in [-0.15, -0.1) is 0 Å². The monoisotopic (exact) mass is 260 g/mol. The van der Waals surface area contributed by atoms with Crippen molar-refractivity contribution in [3.8, 4) is 0 Å². The first-order valence-electron chi connectivity index (χ1n) is 4.97. The highest BCUT2D eigenvalue weighted by atomic mass is 31.2. The first-order chi connectivity index (χ1) is 7.22. The van der Waals surface area contributed by atoms with Crippen LogP contribution >= 0.6 is 7.82 Å². The maximum Gasteiger partial charge on any atom is 0.466 e. The Bertz CT molecular complexity index is 185. The van der Waals surface area contributed by atoms with E-state index in [9.17, 15) is 0 Å². The number of rotatable bonds is 6. The van der Waals surface area contributed by atoms with Gasteiger partial charge in [0.2, 0.25) is 0 Å². The molecule has 2 atom stereocenters. The lowest BCUT2D eigenvalue weighted by Crippen LogP contribution is -2.28. The molecule has 0 heterocycles. The molecule has 0 rings (SSSR count). The van der Waals surface area contributed by atoms with Gasteiger partial charge in [0, 0.05) is 0 Å². The minimum absolute atomic E-state index is 0.354. The lowest BCUT2D eigenvalue weighted by atomic mass is 10.1. The molecule has 2 unspecified atom stereocenters. The topological polar surface area (TPSA) is 138 Å². The summed E-state index contributed by atoms with van der Waals surface area (Å²) in [7, 11) is -4.64. The lowest BCUT2D eigenvalue weighted by Gasteiger charge is -2.14. The quantitative estimate of drug-likeness (QED) is 0.275. The molecule has 0 spiro atoms. The zero-order valence-corrected chi connectivity index (χ0v) is 10.1. The summed E-state index contributed by atoms with van der Waals surface area (Å²) in [6, 6.07) is 0. The summed E-state index contributed by atoms with van der Waals surface area (Å²) in [6.45, 7) is 1.72. The third-order valence-electron chi connectivity index (χ3n) is 1.73. The minimum atomic E-state index is -4.64. The minimum Gasteiger partial charge on any atom is -0.394 e. The Hall–Kier alpha value is -0.0100. The van der Waals surface area contributed by atoms with Crippen molar-refractivity contribution >= 4 is 7.82 Å². The molecule has 6 N–H and O–H groups in total. The molecule has 0 aliphatic rings. The number of phosphoric acid groups is 1. The van der Waals surface area contributed by atoms with Gasteiger partial charge in [-0.05, 0) is 6.42 Å².